The fourth-order valence-corrected chi connectivity index (χ4v) is 3.14. The fraction of sp³-hybridized carbons (Fsp3) is 1.00. The molecule has 0 radical (unpaired) electrons. The summed E-state index contributed by atoms with van der Waals surface area (Å²) < 4.78 is 0. The lowest BCUT2D eigenvalue weighted by atomic mass is 9.81. The number of hydrogen-bond acceptors (Lipinski definition) is 3. The second-order valence-corrected chi connectivity index (χ2v) is 5.96. The van der Waals surface area contributed by atoms with Gasteiger partial charge in [-0.15, -0.1) is 0 Å². The van der Waals surface area contributed by atoms with Gasteiger partial charge in [0.2, 0.25) is 0 Å². The standard InChI is InChI=1S/C14H31N3/c1-6-7-12(2)17(5)14(11-15)8-9-16(4)13(3)10-14/h12-13H,6-11,15H2,1-5H3. The van der Waals surface area contributed by atoms with Crippen LogP contribution in [0.1, 0.15) is 46.5 Å². The van der Waals surface area contributed by atoms with Crippen LogP contribution in [0.25, 0.3) is 0 Å². The van der Waals surface area contributed by atoms with Crippen molar-refractivity contribution in [1.82, 2.24) is 9.80 Å². The van der Waals surface area contributed by atoms with Crippen LogP contribution in [0.4, 0.5) is 0 Å². The summed E-state index contributed by atoms with van der Waals surface area (Å²) in [5, 5.41) is 0. The van der Waals surface area contributed by atoms with Gasteiger partial charge in [-0.25, -0.2) is 0 Å². The van der Waals surface area contributed by atoms with Crippen molar-refractivity contribution >= 4 is 0 Å². The van der Waals surface area contributed by atoms with Crippen molar-refractivity contribution in [2.75, 3.05) is 27.2 Å². The van der Waals surface area contributed by atoms with Gasteiger partial charge in [0.25, 0.3) is 0 Å². The molecule has 0 amide bonds. The predicted octanol–water partition coefficient (Wildman–Crippen LogP) is 1.92. The minimum absolute atomic E-state index is 0.223. The van der Waals surface area contributed by atoms with E-state index in [1.54, 1.807) is 0 Å². The van der Waals surface area contributed by atoms with Crippen LogP contribution in [0.3, 0.4) is 0 Å². The molecule has 0 aromatic carbocycles. The average Bonchev–Trinajstić information content (AvgIpc) is 2.32. The quantitative estimate of drug-likeness (QED) is 0.798. The molecule has 1 heterocycles. The number of rotatable bonds is 5. The monoisotopic (exact) mass is 241 g/mol. The number of likely N-dealkylation sites (tertiary alicyclic amines) is 1. The minimum Gasteiger partial charge on any atom is -0.329 e. The molecule has 3 atom stereocenters. The Balaban J connectivity index is 2.74. The lowest BCUT2D eigenvalue weighted by Crippen LogP contribution is -2.61. The molecule has 0 aliphatic carbocycles. The maximum Gasteiger partial charge on any atom is 0.0358 e. The molecular weight excluding hydrogens is 210 g/mol. The Morgan fingerprint density at radius 2 is 2.18 bits per heavy atom. The van der Waals surface area contributed by atoms with E-state index in [1.807, 2.05) is 0 Å². The zero-order valence-electron chi connectivity index (χ0n) is 12.4. The van der Waals surface area contributed by atoms with Gasteiger partial charge in [-0.1, -0.05) is 13.3 Å². The van der Waals surface area contributed by atoms with Crippen molar-refractivity contribution < 1.29 is 0 Å². The van der Waals surface area contributed by atoms with Crippen molar-refractivity contribution in [3.05, 3.63) is 0 Å². The van der Waals surface area contributed by atoms with Crippen LogP contribution in [-0.4, -0.2) is 54.6 Å². The molecule has 0 aromatic heterocycles. The van der Waals surface area contributed by atoms with E-state index in [0.717, 1.165) is 6.54 Å². The third kappa shape index (κ3) is 3.21. The van der Waals surface area contributed by atoms with Crippen LogP contribution in [-0.2, 0) is 0 Å². The van der Waals surface area contributed by atoms with Crippen molar-refractivity contribution in [2.24, 2.45) is 5.73 Å². The highest BCUT2D eigenvalue weighted by atomic mass is 15.2. The van der Waals surface area contributed by atoms with E-state index in [1.165, 1.54) is 32.2 Å². The Hall–Kier alpha value is -0.120. The van der Waals surface area contributed by atoms with Gasteiger partial charge < -0.3 is 10.6 Å². The van der Waals surface area contributed by atoms with Crippen LogP contribution in [0.2, 0.25) is 0 Å². The second kappa shape index (κ2) is 6.17. The Morgan fingerprint density at radius 3 is 2.65 bits per heavy atom. The Labute approximate surface area is 107 Å². The van der Waals surface area contributed by atoms with Gasteiger partial charge in [-0.2, -0.15) is 0 Å². The van der Waals surface area contributed by atoms with E-state index in [9.17, 15) is 0 Å². The van der Waals surface area contributed by atoms with E-state index >= 15 is 0 Å². The topological polar surface area (TPSA) is 32.5 Å². The molecule has 0 spiro atoms. The van der Waals surface area contributed by atoms with Gasteiger partial charge in [-0.05, 0) is 53.8 Å². The van der Waals surface area contributed by atoms with Gasteiger partial charge in [0.1, 0.15) is 0 Å². The summed E-state index contributed by atoms with van der Waals surface area (Å²) in [6, 6.07) is 1.28. The van der Waals surface area contributed by atoms with E-state index < -0.39 is 0 Å². The number of piperidine rings is 1. The molecule has 0 bridgehead atoms. The molecule has 1 rings (SSSR count). The van der Waals surface area contributed by atoms with E-state index in [0.29, 0.717) is 12.1 Å². The van der Waals surface area contributed by atoms with Gasteiger partial charge in [-0.3, -0.25) is 4.90 Å². The first-order chi connectivity index (χ1) is 7.96. The normalized spacial score (nSPS) is 33.0. The minimum atomic E-state index is 0.223. The molecule has 1 fully saturated rings. The molecule has 3 heteroatoms. The average molecular weight is 241 g/mol. The maximum atomic E-state index is 6.12. The maximum absolute atomic E-state index is 6.12. The first kappa shape index (κ1) is 14.9. The smallest absolute Gasteiger partial charge is 0.0358 e. The summed E-state index contributed by atoms with van der Waals surface area (Å²) in [5.41, 5.74) is 6.34. The van der Waals surface area contributed by atoms with Crippen LogP contribution in [0.5, 0.6) is 0 Å². The largest absolute Gasteiger partial charge is 0.329 e. The summed E-state index contributed by atoms with van der Waals surface area (Å²) in [4.78, 5) is 5.01. The lowest BCUT2D eigenvalue weighted by molar-refractivity contribution is 0.00342. The highest BCUT2D eigenvalue weighted by Crippen LogP contribution is 2.32. The van der Waals surface area contributed by atoms with E-state index in [2.05, 4.69) is 44.7 Å². The van der Waals surface area contributed by atoms with Crippen molar-refractivity contribution in [3.63, 3.8) is 0 Å². The number of nitrogens with zero attached hydrogens (tertiary/aromatic N) is 2. The first-order valence-electron chi connectivity index (χ1n) is 7.10. The number of likely N-dealkylation sites (N-methyl/N-ethyl adjacent to an activating group) is 1. The summed E-state index contributed by atoms with van der Waals surface area (Å²) in [7, 11) is 4.49. The van der Waals surface area contributed by atoms with Crippen LogP contribution >= 0.6 is 0 Å². The van der Waals surface area contributed by atoms with Crippen molar-refractivity contribution in [3.8, 4) is 0 Å². The number of hydrogen-bond donors (Lipinski definition) is 1. The van der Waals surface area contributed by atoms with E-state index in [-0.39, 0.29) is 5.54 Å². The Kier molecular flexibility index (Phi) is 5.42. The third-order valence-corrected chi connectivity index (χ3v) is 4.85. The van der Waals surface area contributed by atoms with Crippen LogP contribution in [0, 0.1) is 0 Å². The van der Waals surface area contributed by atoms with Crippen LogP contribution in [0.15, 0.2) is 0 Å². The summed E-state index contributed by atoms with van der Waals surface area (Å²) >= 11 is 0. The molecule has 1 aliphatic rings. The highest BCUT2D eigenvalue weighted by Gasteiger charge is 2.40. The van der Waals surface area contributed by atoms with Crippen molar-refractivity contribution in [1.29, 1.82) is 0 Å². The molecule has 1 aliphatic heterocycles. The molecule has 17 heavy (non-hydrogen) atoms. The van der Waals surface area contributed by atoms with Gasteiger partial charge in [0.15, 0.2) is 0 Å². The van der Waals surface area contributed by atoms with Gasteiger partial charge in [0.05, 0.1) is 0 Å². The molecule has 3 unspecified atom stereocenters. The first-order valence-corrected chi connectivity index (χ1v) is 7.10. The number of nitrogens with two attached hydrogens (primary N) is 1. The summed E-state index contributed by atoms with van der Waals surface area (Å²) in [5.74, 6) is 0. The molecule has 3 nitrogen and oxygen atoms in total. The Bertz CT molecular complexity index is 232. The molecular formula is C14H31N3. The van der Waals surface area contributed by atoms with E-state index in [4.69, 9.17) is 5.73 Å². The van der Waals surface area contributed by atoms with Gasteiger partial charge >= 0.3 is 0 Å². The predicted molar refractivity (Wildman–Crippen MR) is 75.2 cm³/mol. The molecule has 2 N–H and O–H groups in total. The van der Waals surface area contributed by atoms with Gasteiger partial charge in [0, 0.05) is 24.2 Å². The third-order valence-electron chi connectivity index (χ3n) is 4.85. The summed E-state index contributed by atoms with van der Waals surface area (Å²) in [6.07, 6.45) is 4.92. The lowest BCUT2D eigenvalue weighted by Gasteiger charge is -2.51. The molecule has 0 aromatic rings. The second-order valence-electron chi connectivity index (χ2n) is 5.96. The SMILES string of the molecule is CCCC(C)N(C)C1(CN)CCN(C)C(C)C1. The molecule has 0 saturated carbocycles. The summed E-state index contributed by atoms with van der Waals surface area (Å²) in [6.45, 7) is 8.87. The zero-order chi connectivity index (χ0) is 13.1. The Morgan fingerprint density at radius 1 is 1.53 bits per heavy atom. The van der Waals surface area contributed by atoms with Crippen LogP contribution < -0.4 is 5.73 Å². The van der Waals surface area contributed by atoms with Crippen molar-refractivity contribution in [2.45, 2.75) is 64.1 Å². The molecule has 1 saturated heterocycles. The highest BCUT2D eigenvalue weighted by molar-refractivity contribution is 4.98. The zero-order valence-corrected chi connectivity index (χ0v) is 12.4. The molecule has 102 valence electrons. The fourth-order valence-electron chi connectivity index (χ4n) is 3.14.